The molecule has 1 fully saturated rings. The van der Waals surface area contributed by atoms with E-state index in [4.69, 9.17) is 9.15 Å². The van der Waals surface area contributed by atoms with E-state index in [1.54, 1.807) is 32.9 Å². The molecule has 2 aromatic heterocycles. The van der Waals surface area contributed by atoms with Crippen LogP contribution in [-0.2, 0) is 14.3 Å². The number of likely N-dealkylation sites (tertiary alicyclic amines) is 1. The Labute approximate surface area is 180 Å². The number of aromatic amines is 1. The molecule has 2 N–H and O–H groups in total. The SMILES string of the molecule is COC(=O)c1[nH]c(C)c(/C(O)=C2/C(=O)C(=O)N(CCN(C)C)[C@@H]2c2ccc(C)o2)c1C. The van der Waals surface area contributed by atoms with Gasteiger partial charge in [-0.1, -0.05) is 0 Å². The number of likely N-dealkylation sites (N-methyl/N-ethyl adjacent to an activating group) is 1. The molecular weight excluding hydrogens is 402 g/mol. The van der Waals surface area contributed by atoms with Gasteiger partial charge in [-0.2, -0.15) is 0 Å². The van der Waals surface area contributed by atoms with Crippen LogP contribution < -0.4 is 0 Å². The van der Waals surface area contributed by atoms with Crippen molar-refractivity contribution in [3.8, 4) is 0 Å². The number of hydrogen-bond donors (Lipinski definition) is 2. The summed E-state index contributed by atoms with van der Waals surface area (Å²) in [6.07, 6.45) is 0. The van der Waals surface area contributed by atoms with Crippen LogP contribution in [0.2, 0.25) is 0 Å². The molecule has 0 aromatic carbocycles. The molecule has 0 bridgehead atoms. The molecule has 1 saturated heterocycles. The van der Waals surface area contributed by atoms with Crippen molar-refractivity contribution in [2.45, 2.75) is 26.8 Å². The van der Waals surface area contributed by atoms with E-state index in [1.807, 2.05) is 19.0 Å². The fourth-order valence-corrected chi connectivity index (χ4v) is 3.86. The number of furan rings is 1. The van der Waals surface area contributed by atoms with E-state index in [-0.39, 0.29) is 23.6 Å². The number of aliphatic hydroxyl groups is 1. The van der Waals surface area contributed by atoms with Gasteiger partial charge in [0.15, 0.2) is 0 Å². The number of ketones is 1. The molecule has 0 unspecified atom stereocenters. The number of Topliss-reactive ketones (excluding diaryl/α,β-unsaturated/α-hetero) is 1. The van der Waals surface area contributed by atoms with E-state index in [0.717, 1.165) is 0 Å². The number of carbonyl (C=O) groups is 3. The molecule has 0 aliphatic carbocycles. The molecule has 166 valence electrons. The van der Waals surface area contributed by atoms with Crippen LogP contribution in [0.3, 0.4) is 0 Å². The largest absolute Gasteiger partial charge is 0.507 e. The molecule has 0 spiro atoms. The monoisotopic (exact) mass is 429 g/mol. The van der Waals surface area contributed by atoms with Crippen LogP contribution >= 0.6 is 0 Å². The fourth-order valence-electron chi connectivity index (χ4n) is 3.86. The van der Waals surface area contributed by atoms with Crippen molar-refractivity contribution in [3.05, 3.63) is 51.7 Å². The topological polar surface area (TPSA) is 116 Å². The number of amides is 1. The van der Waals surface area contributed by atoms with Gasteiger partial charge in [-0.05, 0) is 52.6 Å². The lowest BCUT2D eigenvalue weighted by molar-refractivity contribution is -0.140. The Balaban J connectivity index is 2.20. The Morgan fingerprint density at radius 1 is 1.26 bits per heavy atom. The molecular formula is C22H27N3O6. The molecule has 1 amide bonds. The van der Waals surface area contributed by atoms with Crippen molar-refractivity contribution in [2.75, 3.05) is 34.3 Å². The smallest absolute Gasteiger partial charge is 0.354 e. The van der Waals surface area contributed by atoms with Crippen molar-refractivity contribution in [3.63, 3.8) is 0 Å². The Morgan fingerprint density at radius 3 is 2.48 bits per heavy atom. The zero-order valence-electron chi connectivity index (χ0n) is 18.5. The maximum absolute atomic E-state index is 13.0. The number of carbonyl (C=O) groups excluding carboxylic acids is 3. The summed E-state index contributed by atoms with van der Waals surface area (Å²) >= 11 is 0. The van der Waals surface area contributed by atoms with Crippen LogP contribution in [0.1, 0.15) is 44.9 Å². The number of aryl methyl sites for hydroxylation is 2. The minimum Gasteiger partial charge on any atom is -0.507 e. The number of nitrogens with one attached hydrogen (secondary N) is 1. The molecule has 0 radical (unpaired) electrons. The van der Waals surface area contributed by atoms with E-state index in [1.165, 1.54) is 12.0 Å². The Hall–Kier alpha value is -3.33. The third kappa shape index (κ3) is 3.88. The summed E-state index contributed by atoms with van der Waals surface area (Å²) in [5, 5.41) is 11.2. The van der Waals surface area contributed by atoms with Crippen molar-refractivity contribution >= 4 is 23.4 Å². The van der Waals surface area contributed by atoms with Crippen molar-refractivity contribution in [1.29, 1.82) is 0 Å². The summed E-state index contributed by atoms with van der Waals surface area (Å²) in [5.74, 6) is -1.45. The summed E-state index contributed by atoms with van der Waals surface area (Å²) in [4.78, 5) is 44.1. The Bertz CT molecular complexity index is 1080. The van der Waals surface area contributed by atoms with E-state index >= 15 is 0 Å². The molecule has 3 rings (SSSR count). The van der Waals surface area contributed by atoms with Gasteiger partial charge in [0.05, 0.1) is 12.7 Å². The summed E-state index contributed by atoms with van der Waals surface area (Å²) in [6.45, 7) is 5.87. The maximum atomic E-state index is 13.0. The van der Waals surface area contributed by atoms with E-state index in [0.29, 0.717) is 34.9 Å². The maximum Gasteiger partial charge on any atom is 0.354 e. The third-order valence-corrected chi connectivity index (χ3v) is 5.42. The van der Waals surface area contributed by atoms with Crippen molar-refractivity contribution in [2.24, 2.45) is 0 Å². The van der Waals surface area contributed by atoms with E-state index in [9.17, 15) is 19.5 Å². The molecule has 0 saturated carbocycles. The highest BCUT2D eigenvalue weighted by Crippen LogP contribution is 2.41. The lowest BCUT2D eigenvalue weighted by atomic mass is 9.97. The highest BCUT2D eigenvalue weighted by molar-refractivity contribution is 6.46. The van der Waals surface area contributed by atoms with Crippen LogP contribution in [0.15, 0.2) is 22.1 Å². The normalized spacial score (nSPS) is 18.3. The van der Waals surface area contributed by atoms with Gasteiger partial charge in [0, 0.05) is 24.3 Å². The highest BCUT2D eigenvalue weighted by atomic mass is 16.5. The van der Waals surface area contributed by atoms with Gasteiger partial charge < -0.3 is 29.0 Å². The van der Waals surface area contributed by atoms with Gasteiger partial charge in [-0.25, -0.2) is 4.79 Å². The number of aromatic nitrogens is 1. The van der Waals surface area contributed by atoms with Gasteiger partial charge >= 0.3 is 5.97 Å². The molecule has 2 aromatic rings. The first-order valence-corrected chi connectivity index (χ1v) is 9.85. The predicted octanol–water partition coefficient (Wildman–Crippen LogP) is 2.30. The quantitative estimate of drug-likeness (QED) is 0.313. The summed E-state index contributed by atoms with van der Waals surface area (Å²) < 4.78 is 10.5. The third-order valence-electron chi connectivity index (χ3n) is 5.42. The number of nitrogens with zero attached hydrogens (tertiary/aromatic N) is 2. The van der Waals surface area contributed by atoms with Crippen LogP contribution in [0, 0.1) is 20.8 Å². The van der Waals surface area contributed by atoms with Gasteiger partial charge in [-0.15, -0.1) is 0 Å². The minimum absolute atomic E-state index is 0.0697. The number of ether oxygens (including phenoxy) is 1. The summed E-state index contributed by atoms with van der Waals surface area (Å²) in [6, 6.07) is 2.56. The average Bonchev–Trinajstić information content (AvgIpc) is 3.34. The molecule has 1 atom stereocenters. The number of rotatable bonds is 6. The number of esters is 1. The molecule has 1 aliphatic heterocycles. The van der Waals surface area contributed by atoms with Crippen LogP contribution in [-0.4, -0.2) is 71.8 Å². The number of methoxy groups -OCH3 is 1. The summed E-state index contributed by atoms with van der Waals surface area (Å²) in [5.41, 5.74) is 1.30. The van der Waals surface area contributed by atoms with Gasteiger partial charge in [0.2, 0.25) is 0 Å². The lowest BCUT2D eigenvalue weighted by Gasteiger charge is -2.24. The predicted molar refractivity (Wildman–Crippen MR) is 113 cm³/mol. The van der Waals surface area contributed by atoms with Crippen molar-refractivity contribution < 1.29 is 28.6 Å². The molecule has 1 aliphatic rings. The zero-order valence-corrected chi connectivity index (χ0v) is 18.5. The first-order valence-electron chi connectivity index (χ1n) is 9.85. The first-order chi connectivity index (χ1) is 14.6. The standard InChI is InChI=1S/C22H27N3O6/c1-11-7-8-14(31-11)18-16(20(27)21(28)25(18)10-9-24(4)5)19(26)15-12(2)17(22(29)30-6)23-13(15)3/h7-8,18,23,26H,9-10H2,1-6H3/b19-16-/t18-/m1/s1. The second-order valence-electron chi connectivity index (χ2n) is 7.86. The van der Waals surface area contributed by atoms with Crippen LogP contribution in [0.25, 0.3) is 5.76 Å². The van der Waals surface area contributed by atoms with E-state index in [2.05, 4.69) is 4.98 Å². The molecule has 31 heavy (non-hydrogen) atoms. The average molecular weight is 429 g/mol. The lowest BCUT2D eigenvalue weighted by Crippen LogP contribution is -2.35. The fraction of sp³-hybridized carbons (Fsp3) is 0.409. The second-order valence-corrected chi connectivity index (χ2v) is 7.86. The minimum atomic E-state index is -0.871. The van der Waals surface area contributed by atoms with Gasteiger partial charge in [0.1, 0.15) is 29.0 Å². The second kappa shape index (κ2) is 8.43. The first kappa shape index (κ1) is 22.4. The Kier molecular flexibility index (Phi) is 6.08. The summed E-state index contributed by atoms with van der Waals surface area (Å²) in [7, 11) is 4.99. The van der Waals surface area contributed by atoms with Crippen LogP contribution in [0.5, 0.6) is 0 Å². The Morgan fingerprint density at radius 2 is 1.94 bits per heavy atom. The van der Waals surface area contributed by atoms with Gasteiger partial charge in [-0.3, -0.25) is 9.59 Å². The number of aliphatic hydroxyl groups excluding tert-OH is 1. The molecule has 3 heterocycles. The number of hydrogen-bond acceptors (Lipinski definition) is 7. The van der Waals surface area contributed by atoms with Gasteiger partial charge in [0.25, 0.3) is 11.7 Å². The highest BCUT2D eigenvalue weighted by Gasteiger charge is 2.47. The van der Waals surface area contributed by atoms with Crippen LogP contribution in [0.4, 0.5) is 0 Å². The van der Waals surface area contributed by atoms with Crippen molar-refractivity contribution in [1.82, 2.24) is 14.8 Å². The molecule has 9 heteroatoms. The zero-order chi connectivity index (χ0) is 23.0. The number of H-pyrrole nitrogens is 1. The van der Waals surface area contributed by atoms with E-state index < -0.39 is 23.7 Å². The molecule has 9 nitrogen and oxygen atoms in total.